The third-order valence-electron chi connectivity index (χ3n) is 8.26. The molecule has 196 valence electrons. The van der Waals surface area contributed by atoms with Crippen molar-refractivity contribution in [2.24, 2.45) is 17.8 Å². The lowest BCUT2D eigenvalue weighted by Gasteiger charge is -2.44. The quantitative estimate of drug-likeness (QED) is 0.280. The zero-order valence-corrected chi connectivity index (χ0v) is 24.3. The molecule has 0 aliphatic heterocycles. The fraction of sp³-hybridized carbons (Fsp3) is 0.531. The van der Waals surface area contributed by atoms with Crippen LogP contribution in [0.25, 0.3) is 0 Å². The van der Waals surface area contributed by atoms with Crippen molar-refractivity contribution in [1.82, 2.24) is 5.32 Å². The zero-order chi connectivity index (χ0) is 26.3. The molecule has 3 nitrogen and oxygen atoms in total. The molecule has 1 N–H and O–H groups in total. The van der Waals surface area contributed by atoms with E-state index < -0.39 is 8.32 Å². The van der Waals surface area contributed by atoms with E-state index in [2.05, 4.69) is 107 Å². The Bertz CT molecular complexity index is 939. The SMILES string of the molecule is C=C1C[C@@H](CO[Si](c2ccccc2)(c2ccccc2)C(C)(C)C)[C@H]([C@H](CC(CC)CC)NC(C)=O)C1. The van der Waals surface area contributed by atoms with Gasteiger partial charge in [-0.05, 0) is 52.4 Å². The summed E-state index contributed by atoms with van der Waals surface area (Å²) < 4.78 is 7.33. The normalized spacial score (nSPS) is 19.5. The largest absolute Gasteiger partial charge is 0.407 e. The topological polar surface area (TPSA) is 38.3 Å². The molecule has 1 amide bonds. The highest BCUT2D eigenvalue weighted by atomic mass is 28.4. The molecule has 0 heterocycles. The van der Waals surface area contributed by atoms with Gasteiger partial charge in [-0.2, -0.15) is 0 Å². The van der Waals surface area contributed by atoms with Gasteiger partial charge in [0.2, 0.25) is 5.91 Å². The Morgan fingerprint density at radius 2 is 1.53 bits per heavy atom. The number of hydrogen-bond donors (Lipinski definition) is 1. The molecule has 2 aromatic rings. The van der Waals surface area contributed by atoms with Crippen LogP contribution in [-0.4, -0.2) is 26.9 Å². The van der Waals surface area contributed by atoms with Gasteiger partial charge >= 0.3 is 0 Å². The van der Waals surface area contributed by atoms with Crippen molar-refractivity contribution in [3.05, 3.63) is 72.8 Å². The minimum absolute atomic E-state index is 0.0482. The molecule has 4 heteroatoms. The monoisotopic (exact) mass is 505 g/mol. The summed E-state index contributed by atoms with van der Waals surface area (Å²) in [5, 5.41) is 5.91. The van der Waals surface area contributed by atoms with Crippen LogP contribution in [0.15, 0.2) is 72.8 Å². The zero-order valence-electron chi connectivity index (χ0n) is 23.3. The number of amides is 1. The average molecular weight is 506 g/mol. The molecule has 1 aliphatic carbocycles. The average Bonchev–Trinajstić information content (AvgIpc) is 3.22. The van der Waals surface area contributed by atoms with Gasteiger partial charge in [0.15, 0.2) is 0 Å². The number of allylic oxidation sites excluding steroid dienone is 1. The van der Waals surface area contributed by atoms with E-state index in [1.165, 1.54) is 15.9 Å². The summed E-state index contributed by atoms with van der Waals surface area (Å²) in [6, 6.07) is 21.9. The predicted molar refractivity (Wildman–Crippen MR) is 155 cm³/mol. The molecule has 1 saturated carbocycles. The van der Waals surface area contributed by atoms with Crippen LogP contribution in [0.1, 0.15) is 73.6 Å². The minimum atomic E-state index is -2.60. The molecule has 3 atom stereocenters. The molecule has 0 bridgehead atoms. The number of nitrogens with one attached hydrogen (secondary N) is 1. The van der Waals surface area contributed by atoms with Crippen molar-refractivity contribution in [2.45, 2.75) is 84.7 Å². The second kappa shape index (κ2) is 12.4. The molecular formula is C32H47NO2Si. The van der Waals surface area contributed by atoms with Gasteiger partial charge in [0.05, 0.1) is 0 Å². The number of benzene rings is 2. The van der Waals surface area contributed by atoms with Gasteiger partial charge in [-0.15, -0.1) is 0 Å². The van der Waals surface area contributed by atoms with Gasteiger partial charge in [0, 0.05) is 19.6 Å². The molecule has 36 heavy (non-hydrogen) atoms. The molecule has 0 saturated heterocycles. The Morgan fingerprint density at radius 3 is 1.97 bits per heavy atom. The van der Waals surface area contributed by atoms with E-state index in [0.29, 0.717) is 24.4 Å². The van der Waals surface area contributed by atoms with E-state index in [4.69, 9.17) is 4.43 Å². The summed E-state index contributed by atoms with van der Waals surface area (Å²) in [6.45, 7) is 18.2. The number of carbonyl (C=O) groups is 1. The van der Waals surface area contributed by atoms with E-state index in [1.807, 2.05) is 0 Å². The Labute approximate surface area is 220 Å². The predicted octanol–water partition coefficient (Wildman–Crippen LogP) is 6.48. The van der Waals surface area contributed by atoms with Crippen LogP contribution in [0.4, 0.5) is 0 Å². The standard InChI is InChI=1S/C32H47NO2Si/c1-8-26(9-2)22-31(33-25(4)34)30-21-24(3)20-27(30)23-35-36(32(5,6)7,28-16-12-10-13-17-28)29-18-14-11-15-19-29/h10-19,26-27,30-31H,3,8-9,20-23H2,1-2,4-7H3,(H,33,34)/t27-,30+,31-/m0/s1. The molecule has 2 aromatic carbocycles. The van der Waals surface area contributed by atoms with Gasteiger partial charge in [0.25, 0.3) is 8.32 Å². The molecule has 0 spiro atoms. The lowest BCUT2D eigenvalue weighted by Crippen LogP contribution is -2.67. The Kier molecular flexibility index (Phi) is 9.77. The molecule has 3 rings (SSSR count). The van der Waals surface area contributed by atoms with Crippen LogP contribution in [0.2, 0.25) is 5.04 Å². The summed E-state index contributed by atoms with van der Waals surface area (Å²) in [5.41, 5.74) is 1.29. The van der Waals surface area contributed by atoms with Crippen molar-refractivity contribution >= 4 is 24.6 Å². The van der Waals surface area contributed by atoms with E-state index in [1.54, 1.807) is 6.92 Å². The van der Waals surface area contributed by atoms with E-state index in [0.717, 1.165) is 32.1 Å². The fourth-order valence-corrected chi connectivity index (χ4v) is 11.0. The second-order valence-electron chi connectivity index (χ2n) is 11.8. The molecule has 1 aliphatic rings. The molecule has 0 aromatic heterocycles. The maximum absolute atomic E-state index is 12.2. The summed E-state index contributed by atoms with van der Waals surface area (Å²) in [5.74, 6) is 1.40. The summed E-state index contributed by atoms with van der Waals surface area (Å²) in [7, 11) is -2.60. The lowest BCUT2D eigenvalue weighted by atomic mass is 9.82. The van der Waals surface area contributed by atoms with Gasteiger partial charge in [0.1, 0.15) is 0 Å². The van der Waals surface area contributed by atoms with Crippen LogP contribution in [-0.2, 0) is 9.22 Å². The third kappa shape index (κ3) is 6.38. The molecule has 0 radical (unpaired) electrons. The van der Waals surface area contributed by atoms with E-state index >= 15 is 0 Å². The van der Waals surface area contributed by atoms with Gasteiger partial charge in [-0.1, -0.05) is 120 Å². The smallest absolute Gasteiger partial charge is 0.261 e. The van der Waals surface area contributed by atoms with Crippen molar-refractivity contribution in [2.75, 3.05) is 6.61 Å². The van der Waals surface area contributed by atoms with Crippen LogP contribution in [0, 0.1) is 17.8 Å². The highest BCUT2D eigenvalue weighted by molar-refractivity contribution is 6.99. The third-order valence-corrected chi connectivity index (χ3v) is 13.3. The number of rotatable bonds is 11. The lowest BCUT2D eigenvalue weighted by molar-refractivity contribution is -0.120. The summed E-state index contributed by atoms with van der Waals surface area (Å²) in [4.78, 5) is 12.2. The number of hydrogen-bond acceptors (Lipinski definition) is 2. The first kappa shape index (κ1) is 28.4. The summed E-state index contributed by atoms with van der Waals surface area (Å²) in [6.07, 6.45) is 5.26. The van der Waals surface area contributed by atoms with Crippen molar-refractivity contribution < 1.29 is 9.22 Å². The first-order chi connectivity index (χ1) is 17.1. The van der Waals surface area contributed by atoms with Crippen molar-refractivity contribution in [1.29, 1.82) is 0 Å². The summed E-state index contributed by atoms with van der Waals surface area (Å²) >= 11 is 0. The van der Waals surface area contributed by atoms with Gasteiger partial charge < -0.3 is 9.74 Å². The Balaban J connectivity index is 1.97. The minimum Gasteiger partial charge on any atom is -0.407 e. The molecule has 0 unspecified atom stereocenters. The second-order valence-corrected chi connectivity index (χ2v) is 16.1. The van der Waals surface area contributed by atoms with E-state index in [9.17, 15) is 4.79 Å². The first-order valence-electron chi connectivity index (χ1n) is 13.8. The van der Waals surface area contributed by atoms with Gasteiger partial charge in [-0.25, -0.2) is 0 Å². The van der Waals surface area contributed by atoms with E-state index in [-0.39, 0.29) is 17.0 Å². The number of carbonyl (C=O) groups excluding carboxylic acids is 1. The van der Waals surface area contributed by atoms with Crippen molar-refractivity contribution in [3.63, 3.8) is 0 Å². The van der Waals surface area contributed by atoms with Gasteiger partial charge in [-0.3, -0.25) is 4.79 Å². The Morgan fingerprint density at radius 1 is 1.00 bits per heavy atom. The van der Waals surface area contributed by atoms with Crippen LogP contribution in [0.3, 0.4) is 0 Å². The van der Waals surface area contributed by atoms with Crippen LogP contribution in [0.5, 0.6) is 0 Å². The highest BCUT2D eigenvalue weighted by Gasteiger charge is 2.51. The van der Waals surface area contributed by atoms with Crippen LogP contribution >= 0.6 is 0 Å². The molecule has 1 fully saturated rings. The maximum atomic E-state index is 12.2. The van der Waals surface area contributed by atoms with Crippen molar-refractivity contribution in [3.8, 4) is 0 Å². The van der Waals surface area contributed by atoms with Crippen LogP contribution < -0.4 is 15.7 Å². The maximum Gasteiger partial charge on any atom is 0.261 e. The highest BCUT2D eigenvalue weighted by Crippen LogP contribution is 2.42. The molecular weight excluding hydrogens is 458 g/mol. The Hall–Kier alpha value is -2.17. The first-order valence-corrected chi connectivity index (χ1v) is 15.7. The fourth-order valence-electron chi connectivity index (χ4n) is 6.34.